The van der Waals surface area contributed by atoms with Gasteiger partial charge < -0.3 is 15.0 Å². The van der Waals surface area contributed by atoms with Crippen LogP contribution in [-0.4, -0.2) is 35.1 Å². The Balaban J connectivity index is 1.80. The molecule has 108 valence electrons. The van der Waals surface area contributed by atoms with Crippen LogP contribution < -0.4 is 15.0 Å². The van der Waals surface area contributed by atoms with Gasteiger partial charge in [0.05, 0.1) is 17.7 Å². The van der Waals surface area contributed by atoms with Crippen molar-refractivity contribution in [2.45, 2.75) is 0 Å². The highest BCUT2D eigenvalue weighted by Crippen LogP contribution is 2.29. The molecule has 0 spiro atoms. The van der Waals surface area contributed by atoms with Gasteiger partial charge in [0.25, 0.3) is 5.69 Å². The van der Waals surface area contributed by atoms with Crippen LogP contribution in [-0.2, 0) is 0 Å². The molecule has 3 rings (SSSR count). The molecule has 8 nitrogen and oxygen atoms in total. The van der Waals surface area contributed by atoms with Crippen molar-refractivity contribution in [1.29, 1.82) is 0 Å². The monoisotopic (exact) mass is 287 g/mol. The van der Waals surface area contributed by atoms with Gasteiger partial charge in [-0.05, 0) is 12.1 Å². The minimum atomic E-state index is -0.442. The lowest BCUT2D eigenvalue weighted by Gasteiger charge is -2.26. The predicted octanol–water partition coefficient (Wildman–Crippen LogP) is 1.96. The van der Waals surface area contributed by atoms with Crippen molar-refractivity contribution in [3.8, 4) is 5.88 Å². The van der Waals surface area contributed by atoms with Crippen LogP contribution in [0.4, 0.5) is 23.0 Å². The van der Waals surface area contributed by atoms with Gasteiger partial charge in [0.2, 0.25) is 11.8 Å². The summed E-state index contributed by atoms with van der Waals surface area (Å²) in [4.78, 5) is 20.7. The Kier molecular flexibility index (Phi) is 3.27. The third-order valence-corrected chi connectivity index (χ3v) is 3.15. The first-order valence-corrected chi connectivity index (χ1v) is 6.36. The average molecular weight is 287 g/mol. The van der Waals surface area contributed by atoms with Crippen LogP contribution in [0.2, 0.25) is 0 Å². The summed E-state index contributed by atoms with van der Waals surface area (Å²) in [6.07, 6.45) is 1.69. The first kappa shape index (κ1) is 13.1. The highest BCUT2D eigenvalue weighted by Gasteiger charge is 2.17. The molecule has 0 atom stereocenters. The Morgan fingerprint density at radius 3 is 2.86 bits per heavy atom. The second kappa shape index (κ2) is 5.23. The lowest BCUT2D eigenvalue weighted by atomic mass is 10.3. The molecule has 0 radical (unpaired) electrons. The molecule has 0 aliphatic carbocycles. The van der Waals surface area contributed by atoms with Crippen LogP contribution in [0.15, 0.2) is 30.5 Å². The van der Waals surface area contributed by atoms with E-state index in [0.29, 0.717) is 24.1 Å². The van der Waals surface area contributed by atoms with E-state index in [1.165, 1.54) is 12.1 Å². The average Bonchev–Trinajstić information content (AvgIpc) is 2.48. The molecule has 2 aromatic rings. The number of non-ortho nitro benzene ring substituents is 1. The van der Waals surface area contributed by atoms with Crippen LogP contribution in [0.3, 0.4) is 0 Å². The van der Waals surface area contributed by atoms with E-state index in [1.54, 1.807) is 18.3 Å². The molecule has 1 aromatic heterocycles. The van der Waals surface area contributed by atoms with Gasteiger partial charge in [-0.15, -0.1) is 0 Å². The maximum absolute atomic E-state index is 10.6. The molecule has 1 aromatic carbocycles. The molecule has 0 amide bonds. The molecule has 2 heterocycles. The Bertz CT molecular complexity index is 674. The van der Waals surface area contributed by atoms with Crippen LogP contribution in [0.5, 0.6) is 5.88 Å². The van der Waals surface area contributed by atoms with E-state index >= 15 is 0 Å². The van der Waals surface area contributed by atoms with E-state index in [-0.39, 0.29) is 5.69 Å². The lowest BCUT2D eigenvalue weighted by Crippen LogP contribution is -2.29. The number of ether oxygens (including phenoxy) is 1. The molecule has 8 heteroatoms. The summed E-state index contributed by atoms with van der Waals surface area (Å²) < 4.78 is 5.50. The normalized spacial score (nSPS) is 13.3. The summed E-state index contributed by atoms with van der Waals surface area (Å²) in [5.41, 5.74) is 1.55. The molecule has 0 saturated carbocycles. The Morgan fingerprint density at radius 1 is 1.38 bits per heavy atom. The van der Waals surface area contributed by atoms with E-state index < -0.39 is 4.92 Å². The fourth-order valence-corrected chi connectivity index (χ4v) is 1.98. The van der Waals surface area contributed by atoms with Crippen LogP contribution >= 0.6 is 0 Å². The Morgan fingerprint density at radius 2 is 2.14 bits per heavy atom. The SMILES string of the molecule is CN1CCOc2nc(Nc3ccc([N+](=O)[O-])cc3)ncc21. The molecule has 0 fully saturated rings. The predicted molar refractivity (Wildman–Crippen MR) is 77.2 cm³/mol. The standard InChI is InChI=1S/C13H13N5O3/c1-17-6-7-21-12-11(17)8-14-13(16-12)15-9-2-4-10(5-3-9)18(19)20/h2-5,8H,6-7H2,1H3,(H,14,15,16). The first-order chi connectivity index (χ1) is 10.1. The first-order valence-electron chi connectivity index (χ1n) is 6.36. The van der Waals surface area contributed by atoms with E-state index in [9.17, 15) is 10.1 Å². The van der Waals surface area contributed by atoms with Crippen molar-refractivity contribution in [3.63, 3.8) is 0 Å². The van der Waals surface area contributed by atoms with E-state index in [1.807, 2.05) is 11.9 Å². The topological polar surface area (TPSA) is 93.4 Å². The number of fused-ring (bicyclic) bond motifs is 1. The number of hydrogen-bond acceptors (Lipinski definition) is 7. The minimum absolute atomic E-state index is 0.0388. The number of hydrogen-bond donors (Lipinski definition) is 1. The number of nitro groups is 1. The van der Waals surface area contributed by atoms with Crippen molar-refractivity contribution in [3.05, 3.63) is 40.6 Å². The number of rotatable bonds is 3. The van der Waals surface area contributed by atoms with E-state index in [0.717, 1.165) is 12.2 Å². The summed E-state index contributed by atoms with van der Waals surface area (Å²) in [7, 11) is 1.95. The Labute approximate surface area is 120 Å². The summed E-state index contributed by atoms with van der Waals surface area (Å²) in [5.74, 6) is 0.918. The molecule has 0 bridgehead atoms. The van der Waals surface area contributed by atoms with E-state index in [4.69, 9.17) is 4.74 Å². The number of aromatic nitrogens is 2. The largest absolute Gasteiger partial charge is 0.474 e. The summed E-state index contributed by atoms with van der Waals surface area (Å²) in [5, 5.41) is 13.6. The van der Waals surface area contributed by atoms with Gasteiger partial charge >= 0.3 is 0 Å². The maximum atomic E-state index is 10.6. The van der Waals surface area contributed by atoms with Gasteiger partial charge in [-0.25, -0.2) is 4.98 Å². The highest BCUT2D eigenvalue weighted by molar-refractivity contribution is 5.60. The zero-order chi connectivity index (χ0) is 14.8. The lowest BCUT2D eigenvalue weighted by molar-refractivity contribution is -0.384. The van der Waals surface area contributed by atoms with Crippen molar-refractivity contribution in [2.24, 2.45) is 0 Å². The van der Waals surface area contributed by atoms with Gasteiger partial charge in [0.1, 0.15) is 12.3 Å². The molecule has 1 N–H and O–H groups in total. The number of nitrogens with zero attached hydrogens (tertiary/aromatic N) is 4. The van der Waals surface area contributed by atoms with Gasteiger partial charge in [0.15, 0.2) is 0 Å². The van der Waals surface area contributed by atoms with Crippen molar-refractivity contribution < 1.29 is 9.66 Å². The maximum Gasteiger partial charge on any atom is 0.269 e. The van der Waals surface area contributed by atoms with Crippen molar-refractivity contribution in [2.75, 3.05) is 30.4 Å². The summed E-state index contributed by atoms with van der Waals surface area (Å²) in [6, 6.07) is 6.05. The molecule has 0 unspecified atom stereocenters. The molecule has 0 saturated heterocycles. The smallest absolute Gasteiger partial charge is 0.269 e. The summed E-state index contributed by atoms with van der Waals surface area (Å²) in [6.45, 7) is 1.38. The second-order valence-electron chi connectivity index (χ2n) is 4.58. The molecular formula is C13H13N5O3. The molecule has 1 aliphatic rings. The summed E-state index contributed by atoms with van der Waals surface area (Å²) >= 11 is 0. The second-order valence-corrected chi connectivity index (χ2v) is 4.58. The van der Waals surface area contributed by atoms with Crippen LogP contribution in [0.25, 0.3) is 0 Å². The van der Waals surface area contributed by atoms with Gasteiger partial charge in [0, 0.05) is 24.9 Å². The van der Waals surface area contributed by atoms with Gasteiger partial charge in [-0.2, -0.15) is 4.98 Å². The fraction of sp³-hybridized carbons (Fsp3) is 0.231. The quantitative estimate of drug-likeness (QED) is 0.681. The van der Waals surface area contributed by atoms with Gasteiger partial charge in [-0.1, -0.05) is 0 Å². The zero-order valence-corrected chi connectivity index (χ0v) is 11.3. The fourth-order valence-electron chi connectivity index (χ4n) is 1.98. The third kappa shape index (κ3) is 2.69. The molecule has 21 heavy (non-hydrogen) atoms. The van der Waals surface area contributed by atoms with E-state index in [2.05, 4.69) is 15.3 Å². The zero-order valence-electron chi connectivity index (χ0n) is 11.3. The third-order valence-electron chi connectivity index (χ3n) is 3.15. The van der Waals surface area contributed by atoms with Gasteiger partial charge in [-0.3, -0.25) is 10.1 Å². The minimum Gasteiger partial charge on any atom is -0.474 e. The van der Waals surface area contributed by atoms with Crippen molar-refractivity contribution in [1.82, 2.24) is 9.97 Å². The van der Waals surface area contributed by atoms with Crippen LogP contribution in [0, 0.1) is 10.1 Å². The number of nitrogens with one attached hydrogen (secondary N) is 1. The highest BCUT2D eigenvalue weighted by atomic mass is 16.6. The number of anilines is 3. The molecule has 1 aliphatic heterocycles. The number of likely N-dealkylation sites (N-methyl/N-ethyl adjacent to an activating group) is 1. The van der Waals surface area contributed by atoms with Crippen molar-refractivity contribution >= 4 is 23.0 Å². The number of benzene rings is 1. The Hall–Kier alpha value is -2.90. The van der Waals surface area contributed by atoms with Crippen LogP contribution in [0.1, 0.15) is 0 Å². The number of nitro benzene ring substituents is 1. The molecular weight excluding hydrogens is 274 g/mol.